The molecule has 1 unspecified atom stereocenters. The maximum Gasteiger partial charge on any atom is 0.265 e. The molecule has 0 saturated carbocycles. The van der Waals surface area contributed by atoms with Crippen LogP contribution in [0.5, 0.6) is 0 Å². The second kappa shape index (κ2) is 5.23. The molecule has 84 valence electrons. The Morgan fingerprint density at radius 2 is 2.40 bits per heavy atom. The zero-order chi connectivity index (χ0) is 11.4. The highest BCUT2D eigenvalue weighted by molar-refractivity contribution is 7.11. The highest BCUT2D eigenvalue weighted by Gasteiger charge is 2.20. The van der Waals surface area contributed by atoms with E-state index in [-0.39, 0.29) is 18.6 Å². The molecule has 1 N–H and O–H groups in total. The minimum atomic E-state index is -0.163. The van der Waals surface area contributed by atoms with Crippen LogP contribution in [0.3, 0.4) is 0 Å². The van der Waals surface area contributed by atoms with Crippen molar-refractivity contribution in [2.45, 2.75) is 26.3 Å². The van der Waals surface area contributed by atoms with E-state index in [1.54, 1.807) is 17.5 Å². The van der Waals surface area contributed by atoms with Crippen molar-refractivity contribution in [2.24, 2.45) is 0 Å². The van der Waals surface area contributed by atoms with Crippen molar-refractivity contribution in [1.82, 2.24) is 9.88 Å². The van der Waals surface area contributed by atoms with Crippen molar-refractivity contribution in [2.75, 3.05) is 13.7 Å². The molecule has 0 aliphatic rings. The fourth-order valence-corrected chi connectivity index (χ4v) is 2.04. The first-order valence-electron chi connectivity index (χ1n) is 4.92. The summed E-state index contributed by atoms with van der Waals surface area (Å²) in [5, 5.41) is 8.97. The van der Waals surface area contributed by atoms with Gasteiger partial charge in [0.2, 0.25) is 0 Å². The molecule has 0 aromatic carbocycles. The average molecular weight is 228 g/mol. The first-order chi connectivity index (χ1) is 7.11. The van der Waals surface area contributed by atoms with Crippen LogP contribution in [0.2, 0.25) is 0 Å². The summed E-state index contributed by atoms with van der Waals surface area (Å²) >= 11 is 1.35. The number of hydrogen-bond donors (Lipinski definition) is 1. The van der Waals surface area contributed by atoms with Gasteiger partial charge in [0, 0.05) is 7.05 Å². The molecule has 0 fully saturated rings. The van der Waals surface area contributed by atoms with E-state index in [0.717, 1.165) is 12.1 Å². The van der Waals surface area contributed by atoms with Crippen LogP contribution in [-0.4, -0.2) is 40.6 Å². The second-order valence-electron chi connectivity index (χ2n) is 3.43. The molecule has 0 aliphatic carbocycles. The van der Waals surface area contributed by atoms with Crippen molar-refractivity contribution >= 4 is 17.2 Å². The van der Waals surface area contributed by atoms with E-state index in [1.165, 1.54) is 11.3 Å². The Morgan fingerprint density at radius 1 is 1.73 bits per heavy atom. The Kier molecular flexibility index (Phi) is 4.23. The summed E-state index contributed by atoms with van der Waals surface area (Å²) in [5.41, 5.74) is 2.52. The Bertz CT molecular complexity index is 338. The molecule has 0 aliphatic heterocycles. The maximum absolute atomic E-state index is 12.0. The normalized spacial score (nSPS) is 12.5. The summed E-state index contributed by atoms with van der Waals surface area (Å²) in [5.74, 6) is -0.0594. The van der Waals surface area contributed by atoms with Crippen LogP contribution >= 0.6 is 11.3 Å². The number of aliphatic hydroxyl groups is 1. The zero-order valence-electron chi connectivity index (χ0n) is 9.23. The number of aryl methyl sites for hydroxylation is 1. The molecule has 1 atom stereocenters. The van der Waals surface area contributed by atoms with Gasteiger partial charge in [-0.25, -0.2) is 4.98 Å². The first-order valence-corrected chi connectivity index (χ1v) is 5.80. The summed E-state index contributed by atoms with van der Waals surface area (Å²) in [6.07, 6.45) is 0.756. The molecule has 1 heterocycles. The third-order valence-corrected chi connectivity index (χ3v) is 3.27. The highest BCUT2D eigenvalue weighted by atomic mass is 32.1. The molecule has 1 amide bonds. The van der Waals surface area contributed by atoms with Gasteiger partial charge in [0.1, 0.15) is 4.88 Å². The van der Waals surface area contributed by atoms with Crippen molar-refractivity contribution < 1.29 is 9.90 Å². The van der Waals surface area contributed by atoms with Gasteiger partial charge in [-0.3, -0.25) is 4.79 Å². The number of carbonyl (C=O) groups is 1. The average Bonchev–Trinajstić information content (AvgIpc) is 2.73. The lowest BCUT2D eigenvalue weighted by atomic mass is 10.2. The lowest BCUT2D eigenvalue weighted by Gasteiger charge is -2.22. The first kappa shape index (κ1) is 12.1. The van der Waals surface area contributed by atoms with Gasteiger partial charge in [-0.15, -0.1) is 11.3 Å². The van der Waals surface area contributed by atoms with Crippen molar-refractivity contribution in [3.63, 3.8) is 0 Å². The molecule has 0 spiro atoms. The van der Waals surface area contributed by atoms with Gasteiger partial charge >= 0.3 is 0 Å². The number of aromatic nitrogens is 1. The quantitative estimate of drug-likeness (QED) is 0.841. The summed E-state index contributed by atoms with van der Waals surface area (Å²) in [7, 11) is 1.70. The topological polar surface area (TPSA) is 53.4 Å². The zero-order valence-corrected chi connectivity index (χ0v) is 10.0. The number of carbonyl (C=O) groups excluding carboxylic acids is 1. The fourth-order valence-electron chi connectivity index (χ4n) is 1.18. The number of rotatable bonds is 4. The molecular weight excluding hydrogens is 212 g/mol. The fraction of sp³-hybridized carbons (Fsp3) is 0.600. The molecule has 4 nitrogen and oxygen atoms in total. The molecule has 1 aromatic rings. The van der Waals surface area contributed by atoms with E-state index in [4.69, 9.17) is 5.11 Å². The van der Waals surface area contributed by atoms with E-state index in [2.05, 4.69) is 4.98 Å². The summed E-state index contributed by atoms with van der Waals surface area (Å²) in [6.45, 7) is 3.76. The van der Waals surface area contributed by atoms with Crippen LogP contribution in [0, 0.1) is 0 Å². The lowest BCUT2D eigenvalue weighted by Crippen LogP contribution is -2.37. The van der Waals surface area contributed by atoms with Gasteiger partial charge in [-0.05, 0) is 13.3 Å². The predicted octanol–water partition coefficient (Wildman–Crippen LogP) is 1.16. The van der Waals surface area contributed by atoms with Gasteiger partial charge in [-0.2, -0.15) is 0 Å². The van der Waals surface area contributed by atoms with E-state index < -0.39 is 0 Å². The van der Waals surface area contributed by atoms with Crippen LogP contribution in [0.15, 0.2) is 5.51 Å². The van der Waals surface area contributed by atoms with Crippen LogP contribution < -0.4 is 0 Å². The van der Waals surface area contributed by atoms with E-state index in [0.29, 0.717) is 4.88 Å². The Labute approximate surface area is 93.6 Å². The van der Waals surface area contributed by atoms with Crippen LogP contribution in [0.25, 0.3) is 0 Å². The highest BCUT2D eigenvalue weighted by Crippen LogP contribution is 2.16. The SMILES string of the molecule is CCc1ncsc1C(=O)N(C)C(C)CO. The van der Waals surface area contributed by atoms with Crippen LogP contribution in [0.1, 0.15) is 29.2 Å². The smallest absolute Gasteiger partial charge is 0.265 e. The van der Waals surface area contributed by atoms with Crippen LogP contribution in [-0.2, 0) is 6.42 Å². The third kappa shape index (κ3) is 2.54. The summed E-state index contributed by atoms with van der Waals surface area (Å²) in [6, 6.07) is -0.163. The minimum absolute atomic E-state index is 0.0253. The van der Waals surface area contributed by atoms with Gasteiger partial charge in [0.05, 0.1) is 23.9 Å². The minimum Gasteiger partial charge on any atom is -0.394 e. The van der Waals surface area contributed by atoms with Gasteiger partial charge in [-0.1, -0.05) is 6.92 Å². The number of amides is 1. The van der Waals surface area contributed by atoms with Gasteiger partial charge in [0.15, 0.2) is 0 Å². The number of likely N-dealkylation sites (N-methyl/N-ethyl adjacent to an activating group) is 1. The number of nitrogens with zero attached hydrogens (tertiary/aromatic N) is 2. The molecule has 5 heteroatoms. The molecule has 0 saturated heterocycles. The van der Waals surface area contributed by atoms with Crippen molar-refractivity contribution in [3.8, 4) is 0 Å². The van der Waals surface area contributed by atoms with Crippen molar-refractivity contribution in [1.29, 1.82) is 0 Å². The molecule has 0 bridgehead atoms. The van der Waals surface area contributed by atoms with Gasteiger partial charge < -0.3 is 10.0 Å². The molecule has 1 rings (SSSR count). The number of aliphatic hydroxyl groups excluding tert-OH is 1. The number of hydrogen-bond acceptors (Lipinski definition) is 4. The molecule has 15 heavy (non-hydrogen) atoms. The van der Waals surface area contributed by atoms with E-state index in [1.807, 2.05) is 13.8 Å². The Balaban J connectivity index is 2.84. The second-order valence-corrected chi connectivity index (χ2v) is 4.28. The maximum atomic E-state index is 12.0. The Hall–Kier alpha value is -0.940. The standard InChI is InChI=1S/C10H16N2O2S/c1-4-8-9(15-6-11-8)10(14)12(3)7(2)5-13/h6-7,13H,4-5H2,1-3H3. The van der Waals surface area contributed by atoms with Crippen molar-refractivity contribution in [3.05, 3.63) is 16.1 Å². The molecule has 0 radical (unpaired) electrons. The molecular formula is C10H16N2O2S. The van der Waals surface area contributed by atoms with E-state index >= 15 is 0 Å². The third-order valence-electron chi connectivity index (χ3n) is 2.42. The monoisotopic (exact) mass is 228 g/mol. The van der Waals surface area contributed by atoms with Crippen LogP contribution in [0.4, 0.5) is 0 Å². The summed E-state index contributed by atoms with van der Waals surface area (Å²) < 4.78 is 0. The largest absolute Gasteiger partial charge is 0.394 e. The van der Waals surface area contributed by atoms with E-state index in [9.17, 15) is 4.79 Å². The Morgan fingerprint density at radius 3 is 2.93 bits per heavy atom. The lowest BCUT2D eigenvalue weighted by molar-refractivity contribution is 0.0685. The predicted molar refractivity (Wildman–Crippen MR) is 60.1 cm³/mol. The number of thiazole rings is 1. The molecule has 1 aromatic heterocycles. The van der Waals surface area contributed by atoms with Gasteiger partial charge in [0.25, 0.3) is 5.91 Å². The summed E-state index contributed by atoms with van der Waals surface area (Å²) in [4.78, 5) is 18.3.